The van der Waals surface area contributed by atoms with Gasteiger partial charge in [0.1, 0.15) is 0 Å². The average molecular weight is 1050 g/mol. The summed E-state index contributed by atoms with van der Waals surface area (Å²) < 4.78 is 7.15. The third-order valence-corrected chi connectivity index (χ3v) is 16.7. The molecule has 3 aromatic heterocycles. The van der Waals surface area contributed by atoms with E-state index in [-0.39, 0.29) is 0 Å². The molecule has 0 aliphatic rings. The molecule has 0 atom stereocenters. The van der Waals surface area contributed by atoms with Crippen LogP contribution in [0.5, 0.6) is 0 Å². The highest BCUT2D eigenvalue weighted by Gasteiger charge is 2.19. The Morgan fingerprint density at radius 2 is 0.402 bits per heavy atom. The molecule has 16 rings (SSSR count). The summed E-state index contributed by atoms with van der Waals surface area (Å²) in [5, 5.41) is 7.54. The van der Waals surface area contributed by atoms with Crippen molar-refractivity contribution >= 4 is 82.5 Å². The van der Waals surface area contributed by atoms with Gasteiger partial charge in [-0.3, -0.25) is 0 Å². The summed E-state index contributed by atoms with van der Waals surface area (Å²) in [6.45, 7) is 0. The SMILES string of the molecule is c1ccc(-n2c3ccccc3c3ccc(-c4ccc(-c5ccc(N(c6ccc(-c7ccc(-n8c9ccccc9c9ccccc98)cc7)cc6)c6ccc(-c7ccc8c9ccccc9n(-c9ccccc9)c8c7)cc6)cc5)cc4)cc32)cc1. The molecule has 0 aliphatic carbocycles. The van der Waals surface area contributed by atoms with E-state index in [0.717, 1.165) is 50.8 Å². The third kappa shape index (κ3) is 7.91. The van der Waals surface area contributed by atoms with Gasteiger partial charge in [-0.1, -0.05) is 206 Å². The second-order valence-corrected chi connectivity index (χ2v) is 21.3. The van der Waals surface area contributed by atoms with Gasteiger partial charge in [-0.2, -0.15) is 0 Å². The summed E-state index contributed by atoms with van der Waals surface area (Å²) in [7, 11) is 0. The monoisotopic (exact) mass is 1040 g/mol. The Balaban J connectivity index is 0.735. The quantitative estimate of drug-likeness (QED) is 0.133. The minimum Gasteiger partial charge on any atom is -0.311 e. The Labute approximate surface area is 475 Å². The second-order valence-electron chi connectivity index (χ2n) is 21.3. The number of rotatable bonds is 10. The predicted molar refractivity (Wildman–Crippen MR) is 346 cm³/mol. The number of nitrogens with zero attached hydrogens (tertiary/aromatic N) is 4. The zero-order valence-corrected chi connectivity index (χ0v) is 44.8. The van der Waals surface area contributed by atoms with Crippen LogP contribution in [0.1, 0.15) is 0 Å². The van der Waals surface area contributed by atoms with Crippen molar-refractivity contribution < 1.29 is 0 Å². The van der Waals surface area contributed by atoms with Crippen molar-refractivity contribution in [1.29, 1.82) is 0 Å². The van der Waals surface area contributed by atoms with Crippen LogP contribution in [0.25, 0.3) is 127 Å². The number of fused-ring (bicyclic) bond motifs is 9. The molecular weight excluding hydrogens is 993 g/mol. The number of anilines is 3. The van der Waals surface area contributed by atoms with Gasteiger partial charge in [-0.05, 0) is 154 Å². The lowest BCUT2D eigenvalue weighted by Crippen LogP contribution is -2.09. The lowest BCUT2D eigenvalue weighted by Gasteiger charge is -2.26. The Morgan fingerprint density at radius 3 is 0.744 bits per heavy atom. The fourth-order valence-corrected chi connectivity index (χ4v) is 12.7. The smallest absolute Gasteiger partial charge is 0.0547 e. The first-order valence-electron chi connectivity index (χ1n) is 28.1. The first-order chi connectivity index (χ1) is 40.7. The van der Waals surface area contributed by atoms with Crippen LogP contribution in [0.2, 0.25) is 0 Å². The van der Waals surface area contributed by atoms with E-state index in [1.165, 1.54) is 93.2 Å². The van der Waals surface area contributed by atoms with Crippen LogP contribution in [-0.4, -0.2) is 13.7 Å². The first-order valence-corrected chi connectivity index (χ1v) is 28.1. The number of hydrogen-bond acceptors (Lipinski definition) is 1. The van der Waals surface area contributed by atoms with Gasteiger partial charge < -0.3 is 18.6 Å². The van der Waals surface area contributed by atoms with E-state index < -0.39 is 0 Å². The topological polar surface area (TPSA) is 18.0 Å². The zero-order chi connectivity index (χ0) is 54.1. The van der Waals surface area contributed by atoms with Gasteiger partial charge in [-0.25, -0.2) is 0 Å². The van der Waals surface area contributed by atoms with Crippen LogP contribution in [0, 0.1) is 0 Å². The molecule has 384 valence electrons. The third-order valence-electron chi connectivity index (χ3n) is 16.7. The fourth-order valence-electron chi connectivity index (χ4n) is 12.7. The molecule has 0 saturated heterocycles. The van der Waals surface area contributed by atoms with Gasteiger partial charge in [0.2, 0.25) is 0 Å². The zero-order valence-electron chi connectivity index (χ0n) is 44.8. The van der Waals surface area contributed by atoms with Crippen LogP contribution >= 0.6 is 0 Å². The summed E-state index contributed by atoms with van der Waals surface area (Å²) in [5.74, 6) is 0. The molecule has 0 spiro atoms. The molecule has 16 aromatic rings. The summed E-state index contributed by atoms with van der Waals surface area (Å²) in [4.78, 5) is 2.37. The number of para-hydroxylation sites is 6. The Kier molecular flexibility index (Phi) is 11.2. The van der Waals surface area contributed by atoms with Gasteiger partial charge in [-0.15, -0.1) is 0 Å². The molecule has 0 bridgehead atoms. The fraction of sp³-hybridized carbons (Fsp3) is 0. The van der Waals surface area contributed by atoms with Crippen LogP contribution in [0.15, 0.2) is 315 Å². The second kappa shape index (κ2) is 19.5. The maximum absolute atomic E-state index is 2.39. The van der Waals surface area contributed by atoms with E-state index in [9.17, 15) is 0 Å². The molecule has 0 radical (unpaired) electrons. The molecule has 0 amide bonds. The van der Waals surface area contributed by atoms with Crippen LogP contribution in [-0.2, 0) is 0 Å². The highest BCUT2D eigenvalue weighted by Crippen LogP contribution is 2.41. The normalized spacial score (nSPS) is 11.7. The average Bonchev–Trinajstić information content (AvgIpc) is 4.38. The van der Waals surface area contributed by atoms with Gasteiger partial charge in [0.15, 0.2) is 0 Å². The van der Waals surface area contributed by atoms with Gasteiger partial charge in [0, 0.05) is 66.4 Å². The maximum atomic E-state index is 2.39. The van der Waals surface area contributed by atoms with E-state index in [1.807, 2.05) is 0 Å². The summed E-state index contributed by atoms with van der Waals surface area (Å²) in [6, 6.07) is 115. The summed E-state index contributed by atoms with van der Waals surface area (Å²) in [6.07, 6.45) is 0. The highest BCUT2D eigenvalue weighted by molar-refractivity contribution is 6.12. The largest absolute Gasteiger partial charge is 0.311 e. The minimum absolute atomic E-state index is 1.08. The van der Waals surface area contributed by atoms with E-state index in [4.69, 9.17) is 0 Å². The molecular formula is C78H52N4. The number of hydrogen-bond donors (Lipinski definition) is 0. The molecule has 0 fully saturated rings. The van der Waals surface area contributed by atoms with E-state index in [0.29, 0.717) is 0 Å². The maximum Gasteiger partial charge on any atom is 0.0547 e. The lowest BCUT2D eigenvalue weighted by molar-refractivity contribution is 1.18. The summed E-state index contributed by atoms with van der Waals surface area (Å²) in [5.41, 5.74) is 23.3. The number of benzene rings is 13. The van der Waals surface area contributed by atoms with Crippen LogP contribution in [0.4, 0.5) is 17.1 Å². The molecule has 13 aromatic carbocycles. The molecule has 4 heteroatoms. The van der Waals surface area contributed by atoms with E-state index in [2.05, 4.69) is 334 Å². The summed E-state index contributed by atoms with van der Waals surface area (Å²) >= 11 is 0. The molecule has 0 saturated carbocycles. The standard InChI is InChI=1S/C78H52N4/c1-3-15-61(16-4-1)81-75-25-13-9-21-69(75)71-49-39-59(51-77(71)81)57-29-27-53(28-30-57)54-31-41-63(42-32-54)79(64-43-33-55(34-44-64)56-35-47-66(48-36-56)80-73-23-11-7-19-67(73)68-20-8-12-24-74(68)80)65-45-37-58(38-46-65)60-40-50-72-70-22-10-14-26-76(70)82(78(72)52-60)62-17-5-2-6-18-62/h1-52H. The molecule has 82 heavy (non-hydrogen) atoms. The van der Waals surface area contributed by atoms with Gasteiger partial charge in [0.05, 0.1) is 33.1 Å². The van der Waals surface area contributed by atoms with Gasteiger partial charge in [0.25, 0.3) is 0 Å². The Hall–Kier alpha value is -10.9. The van der Waals surface area contributed by atoms with Crippen molar-refractivity contribution in [1.82, 2.24) is 13.7 Å². The van der Waals surface area contributed by atoms with Crippen molar-refractivity contribution in [2.24, 2.45) is 0 Å². The van der Waals surface area contributed by atoms with Crippen LogP contribution < -0.4 is 4.90 Å². The molecule has 0 unspecified atom stereocenters. The van der Waals surface area contributed by atoms with Crippen molar-refractivity contribution in [3.63, 3.8) is 0 Å². The molecule has 4 nitrogen and oxygen atoms in total. The van der Waals surface area contributed by atoms with Crippen LogP contribution in [0.3, 0.4) is 0 Å². The molecule has 0 aliphatic heterocycles. The first kappa shape index (κ1) is 47.1. The Bertz CT molecular complexity index is 4980. The molecule has 3 heterocycles. The molecule has 0 N–H and O–H groups in total. The Morgan fingerprint density at radius 1 is 0.171 bits per heavy atom. The van der Waals surface area contributed by atoms with Crippen molar-refractivity contribution in [2.45, 2.75) is 0 Å². The van der Waals surface area contributed by atoms with E-state index in [1.54, 1.807) is 0 Å². The van der Waals surface area contributed by atoms with Crippen molar-refractivity contribution in [3.05, 3.63) is 315 Å². The van der Waals surface area contributed by atoms with Crippen molar-refractivity contribution in [2.75, 3.05) is 4.90 Å². The minimum atomic E-state index is 1.08. The van der Waals surface area contributed by atoms with Gasteiger partial charge >= 0.3 is 0 Å². The van der Waals surface area contributed by atoms with E-state index >= 15 is 0 Å². The van der Waals surface area contributed by atoms with Crippen molar-refractivity contribution in [3.8, 4) is 61.6 Å². The predicted octanol–water partition coefficient (Wildman–Crippen LogP) is 21.1. The highest BCUT2D eigenvalue weighted by atomic mass is 15.1. The number of aromatic nitrogens is 3. The lowest BCUT2D eigenvalue weighted by atomic mass is 9.99.